The topological polar surface area (TPSA) is 68.5 Å². The van der Waals surface area contributed by atoms with Crippen LogP contribution in [0.25, 0.3) is 0 Å². The number of nitrogens with zero attached hydrogens (tertiary/aromatic N) is 2. The van der Waals surface area contributed by atoms with Crippen LogP contribution in [0, 0.1) is 5.92 Å². The summed E-state index contributed by atoms with van der Waals surface area (Å²) < 4.78 is 5.10. The predicted octanol–water partition coefficient (Wildman–Crippen LogP) is 2.32. The zero-order chi connectivity index (χ0) is 15.1. The van der Waals surface area contributed by atoms with Crippen LogP contribution in [0.5, 0.6) is 0 Å². The minimum absolute atomic E-state index is 0.248. The molecular formula is C15H25N3O2S. The Labute approximate surface area is 130 Å². The summed E-state index contributed by atoms with van der Waals surface area (Å²) in [6.07, 6.45) is 5.82. The average molecular weight is 311 g/mol. The lowest BCUT2D eigenvalue weighted by molar-refractivity contribution is -0.133. The van der Waals surface area contributed by atoms with E-state index in [0.717, 1.165) is 44.7 Å². The Morgan fingerprint density at radius 1 is 1.62 bits per heavy atom. The highest BCUT2D eigenvalue weighted by Gasteiger charge is 2.23. The fourth-order valence-electron chi connectivity index (χ4n) is 2.87. The van der Waals surface area contributed by atoms with Crippen molar-refractivity contribution < 1.29 is 9.53 Å². The summed E-state index contributed by atoms with van der Waals surface area (Å²) in [5, 5.41) is 2.51. The van der Waals surface area contributed by atoms with E-state index in [2.05, 4.69) is 4.98 Å². The number of amides is 1. The van der Waals surface area contributed by atoms with Gasteiger partial charge in [-0.15, -0.1) is 11.3 Å². The second kappa shape index (κ2) is 8.34. The Morgan fingerprint density at radius 3 is 3.19 bits per heavy atom. The van der Waals surface area contributed by atoms with Gasteiger partial charge in [-0.3, -0.25) is 4.79 Å². The third-order valence-corrected chi connectivity index (χ3v) is 4.72. The zero-order valence-electron chi connectivity index (χ0n) is 12.7. The first-order chi connectivity index (χ1) is 10.2. The van der Waals surface area contributed by atoms with Gasteiger partial charge in [0, 0.05) is 38.6 Å². The summed E-state index contributed by atoms with van der Waals surface area (Å²) >= 11 is 1.43. The maximum absolute atomic E-state index is 12.3. The van der Waals surface area contributed by atoms with Crippen molar-refractivity contribution in [1.82, 2.24) is 9.88 Å². The summed E-state index contributed by atoms with van der Waals surface area (Å²) in [5.41, 5.74) is 6.54. The van der Waals surface area contributed by atoms with Gasteiger partial charge in [0.1, 0.15) is 0 Å². The maximum Gasteiger partial charge on any atom is 0.222 e. The molecule has 1 aliphatic rings. The molecule has 21 heavy (non-hydrogen) atoms. The molecule has 0 bridgehead atoms. The van der Waals surface area contributed by atoms with Gasteiger partial charge in [0.05, 0.1) is 5.69 Å². The van der Waals surface area contributed by atoms with E-state index < -0.39 is 0 Å². The molecule has 6 heteroatoms. The largest absolute Gasteiger partial charge is 0.385 e. The quantitative estimate of drug-likeness (QED) is 0.785. The molecule has 0 unspecified atom stereocenters. The van der Waals surface area contributed by atoms with Crippen LogP contribution < -0.4 is 5.73 Å². The van der Waals surface area contributed by atoms with Gasteiger partial charge in [0.15, 0.2) is 5.13 Å². The van der Waals surface area contributed by atoms with E-state index in [-0.39, 0.29) is 5.91 Å². The standard InChI is InChI=1S/C15H25N3O2S/c1-20-9-3-5-12-4-2-8-18(10-12)14(19)7-6-13-11-21-15(16)17-13/h11-12H,2-10H2,1H3,(H2,16,17)/t12-/m0/s1. The van der Waals surface area contributed by atoms with Crippen LogP contribution in [0.15, 0.2) is 5.38 Å². The van der Waals surface area contributed by atoms with Gasteiger partial charge in [-0.25, -0.2) is 4.98 Å². The van der Waals surface area contributed by atoms with E-state index in [1.807, 2.05) is 10.3 Å². The zero-order valence-corrected chi connectivity index (χ0v) is 13.5. The number of ether oxygens (including phenoxy) is 1. The SMILES string of the molecule is COCCC[C@@H]1CCCN(C(=O)CCc2csc(N)n2)C1. The van der Waals surface area contributed by atoms with E-state index in [4.69, 9.17) is 10.5 Å². The Morgan fingerprint density at radius 2 is 2.48 bits per heavy atom. The highest BCUT2D eigenvalue weighted by molar-refractivity contribution is 7.13. The van der Waals surface area contributed by atoms with Crippen molar-refractivity contribution in [3.05, 3.63) is 11.1 Å². The number of methoxy groups -OCH3 is 1. The van der Waals surface area contributed by atoms with E-state index in [1.165, 1.54) is 17.8 Å². The average Bonchev–Trinajstić information content (AvgIpc) is 2.91. The number of likely N-dealkylation sites (tertiary alicyclic amines) is 1. The smallest absolute Gasteiger partial charge is 0.222 e. The molecule has 1 aromatic heterocycles. The van der Waals surface area contributed by atoms with Crippen LogP contribution in [-0.2, 0) is 16.0 Å². The molecule has 5 nitrogen and oxygen atoms in total. The fraction of sp³-hybridized carbons (Fsp3) is 0.733. The molecule has 0 aliphatic carbocycles. The number of piperidine rings is 1. The molecule has 2 rings (SSSR count). The number of anilines is 1. The normalized spacial score (nSPS) is 18.9. The summed E-state index contributed by atoms with van der Waals surface area (Å²) in [6.45, 7) is 2.62. The Balaban J connectivity index is 1.73. The molecule has 1 aromatic rings. The molecule has 0 radical (unpaired) electrons. The molecule has 1 saturated heterocycles. The molecule has 0 spiro atoms. The number of aromatic nitrogens is 1. The van der Waals surface area contributed by atoms with Gasteiger partial charge < -0.3 is 15.4 Å². The van der Waals surface area contributed by atoms with Gasteiger partial charge in [-0.1, -0.05) is 0 Å². The molecule has 2 N–H and O–H groups in total. The van der Waals surface area contributed by atoms with Crippen LogP contribution in [0.1, 0.15) is 37.8 Å². The number of nitrogen functional groups attached to an aromatic ring is 1. The second-order valence-corrected chi connectivity index (χ2v) is 6.55. The van der Waals surface area contributed by atoms with Gasteiger partial charge >= 0.3 is 0 Å². The molecule has 0 saturated carbocycles. The van der Waals surface area contributed by atoms with Crippen molar-refractivity contribution in [3.8, 4) is 0 Å². The second-order valence-electron chi connectivity index (χ2n) is 5.66. The highest BCUT2D eigenvalue weighted by atomic mass is 32.1. The number of hydrogen-bond acceptors (Lipinski definition) is 5. The molecule has 118 valence electrons. The van der Waals surface area contributed by atoms with Gasteiger partial charge in [-0.05, 0) is 38.0 Å². The lowest BCUT2D eigenvalue weighted by Gasteiger charge is -2.33. The summed E-state index contributed by atoms with van der Waals surface area (Å²) in [4.78, 5) is 18.5. The Bertz CT molecular complexity index is 450. The molecule has 1 atom stereocenters. The predicted molar refractivity (Wildman–Crippen MR) is 85.3 cm³/mol. The number of hydrogen-bond donors (Lipinski definition) is 1. The minimum atomic E-state index is 0.248. The first-order valence-electron chi connectivity index (χ1n) is 7.65. The third kappa shape index (κ3) is 5.28. The van der Waals surface area contributed by atoms with Gasteiger partial charge in [-0.2, -0.15) is 0 Å². The number of aryl methyl sites for hydroxylation is 1. The first kappa shape index (κ1) is 16.2. The van der Waals surface area contributed by atoms with E-state index in [9.17, 15) is 4.79 Å². The maximum atomic E-state index is 12.3. The molecular weight excluding hydrogens is 286 g/mol. The lowest BCUT2D eigenvalue weighted by Crippen LogP contribution is -2.40. The number of carbonyl (C=O) groups is 1. The van der Waals surface area contributed by atoms with Crippen molar-refractivity contribution >= 4 is 22.4 Å². The summed E-state index contributed by atoms with van der Waals surface area (Å²) in [5.74, 6) is 0.880. The van der Waals surface area contributed by atoms with Crippen molar-refractivity contribution in [3.63, 3.8) is 0 Å². The summed E-state index contributed by atoms with van der Waals surface area (Å²) in [7, 11) is 1.74. The number of carbonyl (C=O) groups excluding carboxylic acids is 1. The van der Waals surface area contributed by atoms with Crippen LogP contribution in [0.4, 0.5) is 5.13 Å². The first-order valence-corrected chi connectivity index (χ1v) is 8.53. The van der Waals surface area contributed by atoms with Crippen molar-refractivity contribution in [2.45, 2.75) is 38.5 Å². The van der Waals surface area contributed by atoms with Crippen LogP contribution >= 0.6 is 11.3 Å². The molecule has 2 heterocycles. The van der Waals surface area contributed by atoms with Gasteiger partial charge in [0.2, 0.25) is 5.91 Å². The fourth-order valence-corrected chi connectivity index (χ4v) is 3.47. The molecule has 1 fully saturated rings. The van der Waals surface area contributed by atoms with Crippen LogP contribution in [-0.4, -0.2) is 42.6 Å². The van der Waals surface area contributed by atoms with Crippen molar-refractivity contribution in [1.29, 1.82) is 0 Å². The highest BCUT2D eigenvalue weighted by Crippen LogP contribution is 2.22. The van der Waals surface area contributed by atoms with E-state index in [1.54, 1.807) is 7.11 Å². The number of rotatable bonds is 7. The Hall–Kier alpha value is -1.14. The molecule has 0 aromatic carbocycles. The molecule has 1 aliphatic heterocycles. The van der Waals surface area contributed by atoms with Gasteiger partial charge in [0.25, 0.3) is 0 Å². The number of thiazole rings is 1. The van der Waals surface area contributed by atoms with E-state index >= 15 is 0 Å². The monoisotopic (exact) mass is 311 g/mol. The van der Waals surface area contributed by atoms with E-state index in [0.29, 0.717) is 23.9 Å². The van der Waals surface area contributed by atoms with Crippen LogP contribution in [0.3, 0.4) is 0 Å². The van der Waals surface area contributed by atoms with Crippen molar-refractivity contribution in [2.24, 2.45) is 5.92 Å². The summed E-state index contributed by atoms with van der Waals surface area (Å²) in [6, 6.07) is 0. The van der Waals surface area contributed by atoms with Crippen molar-refractivity contribution in [2.75, 3.05) is 32.5 Å². The number of nitrogens with two attached hydrogens (primary N) is 1. The minimum Gasteiger partial charge on any atom is -0.385 e. The Kier molecular flexibility index (Phi) is 6.45. The third-order valence-electron chi connectivity index (χ3n) is 4.00. The lowest BCUT2D eigenvalue weighted by atomic mass is 9.93. The molecule has 1 amide bonds. The van der Waals surface area contributed by atoms with Crippen LogP contribution in [0.2, 0.25) is 0 Å².